The van der Waals surface area contributed by atoms with Crippen LogP contribution < -0.4 is 0 Å². The second kappa shape index (κ2) is 9.45. The Morgan fingerprint density at radius 1 is 0.750 bits per heavy atom. The molecule has 4 heteroatoms. The van der Waals surface area contributed by atoms with Crippen LogP contribution in [0, 0.1) is 56.7 Å². The van der Waals surface area contributed by atoms with Crippen LogP contribution in [0.1, 0.15) is 112 Å². The van der Waals surface area contributed by atoms with E-state index >= 15 is 0 Å². The van der Waals surface area contributed by atoms with Crippen molar-refractivity contribution in [3.63, 3.8) is 0 Å². The molecule has 8 fully saturated rings. The van der Waals surface area contributed by atoms with Crippen molar-refractivity contribution < 1.29 is 4.48 Å². The molecule has 5 aliphatic carbocycles. The first kappa shape index (κ1) is 29.6. The molecule has 3 heterocycles. The van der Waals surface area contributed by atoms with Crippen LogP contribution in [0.4, 0.5) is 0 Å². The van der Waals surface area contributed by atoms with Gasteiger partial charge in [-0.15, -0.1) is 0 Å². The summed E-state index contributed by atoms with van der Waals surface area (Å²) in [4.78, 5) is 2.71. The summed E-state index contributed by atoms with van der Waals surface area (Å²) in [5.74, 6) is 4.47. The second-order valence-electron chi connectivity index (χ2n) is 18.5. The molecule has 2 bridgehead atoms. The van der Waals surface area contributed by atoms with Crippen molar-refractivity contribution in [3.05, 3.63) is 0 Å². The molecule has 10 atom stereocenters. The van der Waals surface area contributed by atoms with Gasteiger partial charge in [0.25, 0.3) is 0 Å². The van der Waals surface area contributed by atoms with Crippen LogP contribution in [0.25, 0.3) is 0 Å². The Hall–Kier alpha value is 0.880. The van der Waals surface area contributed by atoms with E-state index < -0.39 is 0 Å². The minimum Gasteiger partial charge on any atom is -0.319 e. The van der Waals surface area contributed by atoms with E-state index in [-0.39, 0.29) is 4.32 Å². The largest absolute Gasteiger partial charge is 0.319 e. The van der Waals surface area contributed by atoms with Crippen molar-refractivity contribution in [3.8, 4) is 0 Å². The number of fused-ring (bicyclic) bond motifs is 10. The van der Waals surface area contributed by atoms with Gasteiger partial charge in [0.05, 0.1) is 30.5 Å². The minimum absolute atomic E-state index is 0.238. The van der Waals surface area contributed by atoms with Gasteiger partial charge >= 0.3 is 0 Å². The third-order valence-electron chi connectivity index (χ3n) is 16.8. The average Bonchev–Trinajstić information content (AvgIpc) is 3.27. The number of hydrogen-bond acceptors (Lipinski definition) is 1. The van der Waals surface area contributed by atoms with Gasteiger partial charge in [0.1, 0.15) is 0 Å². The lowest BCUT2D eigenvalue weighted by Gasteiger charge is -2.72. The highest BCUT2D eigenvalue weighted by atomic mass is 79.9. The fraction of sp³-hybridized carbons (Fsp3) is 1.00. The van der Waals surface area contributed by atoms with E-state index in [9.17, 15) is 0 Å². The lowest BCUT2D eigenvalue weighted by Crippen LogP contribution is -2.71. The molecule has 2 unspecified atom stereocenters. The zero-order valence-electron chi connectivity index (χ0n) is 27.0. The molecule has 40 heavy (non-hydrogen) atoms. The molecule has 0 amide bonds. The molecule has 0 radical (unpaired) electrons. The Morgan fingerprint density at radius 3 is 2.12 bits per heavy atom. The van der Waals surface area contributed by atoms with Crippen LogP contribution in [0.3, 0.4) is 0 Å². The highest BCUT2D eigenvalue weighted by molar-refractivity contribution is 9.12. The van der Waals surface area contributed by atoms with Crippen molar-refractivity contribution in [1.29, 1.82) is 0 Å². The van der Waals surface area contributed by atoms with E-state index in [1.165, 1.54) is 121 Å². The van der Waals surface area contributed by atoms with Crippen molar-refractivity contribution in [2.75, 3.05) is 51.1 Å². The molecule has 3 saturated heterocycles. The van der Waals surface area contributed by atoms with Crippen molar-refractivity contribution >= 4 is 31.9 Å². The standard InChI is InChI=1S/C36H61Br2N2/c1-31(2)12-7-13-33(4)28(31)11-15-35(6)29(33)9-8-26-30-27(10-14-32(30,3)16-17-34(26,35)5)36(38,24-37)25-40-21-18-39(19-22-40)20-23-40/h26-30H,7-25H2,1-6H3/q+1/t26-,27-,28+,29?,30+,32-,33+,34-,35-,36?/m1/s1. The Bertz CT molecular complexity index is 991. The maximum Gasteiger partial charge on any atom is 0.0954 e. The maximum atomic E-state index is 4.63. The number of alkyl halides is 2. The summed E-state index contributed by atoms with van der Waals surface area (Å²) in [5, 5.41) is 1.12. The van der Waals surface area contributed by atoms with Gasteiger partial charge in [-0.05, 0) is 121 Å². The van der Waals surface area contributed by atoms with Gasteiger partial charge in [0.2, 0.25) is 0 Å². The van der Waals surface area contributed by atoms with E-state index in [4.69, 9.17) is 0 Å². The van der Waals surface area contributed by atoms with Gasteiger partial charge in [-0.3, -0.25) is 4.90 Å². The Balaban J connectivity index is 1.22. The van der Waals surface area contributed by atoms with Crippen LogP contribution in [0.2, 0.25) is 0 Å². The van der Waals surface area contributed by atoms with Crippen LogP contribution >= 0.6 is 31.9 Å². The third-order valence-corrected chi connectivity index (χ3v) is 19.6. The second-order valence-corrected chi connectivity index (χ2v) is 20.7. The van der Waals surface area contributed by atoms with Gasteiger partial charge in [-0.1, -0.05) is 79.8 Å². The summed E-state index contributed by atoms with van der Waals surface area (Å²) in [7, 11) is 0. The lowest BCUT2D eigenvalue weighted by molar-refractivity contribution is -0.942. The molecule has 8 rings (SSSR count). The van der Waals surface area contributed by atoms with Gasteiger partial charge in [0, 0.05) is 25.0 Å². The molecule has 0 N–H and O–H groups in total. The fourth-order valence-corrected chi connectivity index (χ4v) is 16.0. The van der Waals surface area contributed by atoms with E-state index in [0.29, 0.717) is 27.1 Å². The molecular formula is C36H61Br2N2+. The number of nitrogens with zero attached hydrogens (tertiary/aromatic N) is 2. The molecule has 0 aromatic heterocycles. The average molecular weight is 682 g/mol. The number of piperazine rings is 3. The monoisotopic (exact) mass is 679 g/mol. The molecule has 0 aromatic carbocycles. The Kier molecular flexibility index (Phi) is 6.99. The van der Waals surface area contributed by atoms with Crippen molar-refractivity contribution in [1.82, 2.24) is 4.90 Å². The predicted octanol–water partition coefficient (Wildman–Crippen LogP) is 9.15. The molecule has 228 valence electrons. The third kappa shape index (κ3) is 3.95. The first-order chi connectivity index (χ1) is 18.7. The predicted molar refractivity (Wildman–Crippen MR) is 176 cm³/mol. The molecular weight excluding hydrogens is 620 g/mol. The molecule has 0 aromatic rings. The highest BCUT2D eigenvalue weighted by Gasteiger charge is 2.71. The molecule has 2 nitrogen and oxygen atoms in total. The summed E-state index contributed by atoms with van der Waals surface area (Å²) in [5.41, 5.74) is 2.65. The summed E-state index contributed by atoms with van der Waals surface area (Å²) in [6, 6.07) is 0. The van der Waals surface area contributed by atoms with Gasteiger partial charge in [-0.25, -0.2) is 0 Å². The molecule has 5 saturated carbocycles. The quantitative estimate of drug-likeness (QED) is 0.211. The van der Waals surface area contributed by atoms with E-state index in [2.05, 4.69) is 78.3 Å². The summed E-state index contributed by atoms with van der Waals surface area (Å²) < 4.78 is 1.62. The molecule has 8 aliphatic rings. The number of hydrogen-bond donors (Lipinski definition) is 0. The topological polar surface area (TPSA) is 3.24 Å². The number of halogens is 2. The Labute approximate surface area is 264 Å². The molecule has 3 aliphatic heterocycles. The van der Waals surface area contributed by atoms with Crippen LogP contribution in [-0.2, 0) is 0 Å². The zero-order valence-corrected chi connectivity index (χ0v) is 30.1. The van der Waals surface area contributed by atoms with Gasteiger partial charge in [0.15, 0.2) is 0 Å². The number of quaternary nitrogens is 1. The minimum atomic E-state index is 0.238. The summed E-state index contributed by atoms with van der Waals surface area (Å²) in [6.45, 7) is 26.0. The Morgan fingerprint density at radius 2 is 1.45 bits per heavy atom. The van der Waals surface area contributed by atoms with E-state index in [1.807, 2.05) is 0 Å². The number of rotatable bonds is 4. The smallest absolute Gasteiger partial charge is 0.0954 e. The first-order valence-electron chi connectivity index (χ1n) is 17.6. The van der Waals surface area contributed by atoms with Crippen molar-refractivity contribution in [2.24, 2.45) is 56.7 Å². The van der Waals surface area contributed by atoms with Gasteiger partial charge in [-0.2, -0.15) is 0 Å². The van der Waals surface area contributed by atoms with E-state index in [1.54, 1.807) is 0 Å². The first-order valence-corrected chi connectivity index (χ1v) is 19.5. The van der Waals surface area contributed by atoms with Crippen LogP contribution in [0.5, 0.6) is 0 Å². The summed E-state index contributed by atoms with van der Waals surface area (Å²) in [6.07, 6.45) is 16.3. The normalized spacial score (nSPS) is 56.4. The summed E-state index contributed by atoms with van der Waals surface area (Å²) >= 11 is 8.80. The van der Waals surface area contributed by atoms with Gasteiger partial charge < -0.3 is 4.48 Å². The van der Waals surface area contributed by atoms with Crippen molar-refractivity contribution in [2.45, 2.75) is 116 Å². The highest BCUT2D eigenvalue weighted by Crippen LogP contribution is 2.77. The molecule has 0 spiro atoms. The lowest BCUT2D eigenvalue weighted by atomic mass is 9.32. The maximum absolute atomic E-state index is 4.63. The zero-order chi connectivity index (χ0) is 28.4. The van der Waals surface area contributed by atoms with E-state index in [0.717, 1.165) is 34.9 Å². The fourth-order valence-electron chi connectivity index (χ4n) is 14.4. The van der Waals surface area contributed by atoms with Crippen LogP contribution in [-0.4, -0.2) is 64.9 Å². The van der Waals surface area contributed by atoms with Crippen LogP contribution in [0.15, 0.2) is 0 Å². The SMILES string of the molecule is CC1(C)CCC[C@]2(C)C3CC[C@@H]4[C@H]5[C@H](C(Br)(CBr)C[N+]67CCN(CC6)CC7)CC[C@]5(C)CC[C@@]4(C)[C@]3(C)CC[C@@H]12.